The molecule has 0 radical (unpaired) electrons. The summed E-state index contributed by atoms with van der Waals surface area (Å²) in [5, 5.41) is 3.56. The molecule has 0 saturated heterocycles. The van der Waals surface area contributed by atoms with E-state index in [2.05, 4.69) is 34.7 Å². The van der Waals surface area contributed by atoms with E-state index < -0.39 is 0 Å². The van der Waals surface area contributed by atoms with Gasteiger partial charge in [0.05, 0.1) is 10.1 Å². The maximum Gasteiger partial charge on any atom is 0.149 e. The molecule has 0 aliphatic heterocycles. The largest absolute Gasteiger partial charge is 0.360 e. The zero-order valence-electron chi connectivity index (χ0n) is 4.47. The van der Waals surface area contributed by atoms with Gasteiger partial charge in [-0.25, -0.2) is 0 Å². The van der Waals surface area contributed by atoms with Crippen LogP contribution in [0.4, 0.5) is 0 Å². The number of halogens is 1. The van der Waals surface area contributed by atoms with Crippen molar-refractivity contribution in [2.45, 2.75) is 10.8 Å². The van der Waals surface area contributed by atoms with Crippen LogP contribution in [0.3, 0.4) is 0 Å². The second-order valence-electron chi connectivity index (χ2n) is 1.53. The van der Waals surface area contributed by atoms with Gasteiger partial charge in [-0.1, -0.05) is 27.7 Å². The first kappa shape index (κ1) is 6.07. The van der Waals surface area contributed by atoms with E-state index in [1.807, 2.05) is 6.07 Å². The minimum absolute atomic E-state index is 0.426. The van der Waals surface area contributed by atoms with Gasteiger partial charge in [0.1, 0.15) is 5.76 Å². The van der Waals surface area contributed by atoms with Gasteiger partial charge in [0.25, 0.3) is 0 Å². The monoisotopic (exact) mass is 223 g/mol. The van der Waals surface area contributed by atoms with Gasteiger partial charge in [-0.05, 0) is 6.92 Å². The summed E-state index contributed by atoms with van der Waals surface area (Å²) in [6, 6.07) is 1.87. The molecule has 0 aliphatic carbocycles. The molecule has 1 rings (SSSR count). The van der Waals surface area contributed by atoms with Crippen molar-refractivity contribution in [1.29, 1.82) is 0 Å². The highest BCUT2D eigenvalue weighted by atomic mass is 127. The van der Waals surface area contributed by atoms with E-state index in [9.17, 15) is 0 Å². The molecule has 0 N–H and O–H groups in total. The molecule has 0 aromatic carbocycles. The van der Waals surface area contributed by atoms with Gasteiger partial charge in [-0.3, -0.25) is 0 Å². The van der Waals surface area contributed by atoms with Crippen molar-refractivity contribution in [1.82, 2.24) is 5.16 Å². The van der Waals surface area contributed by atoms with E-state index in [-0.39, 0.29) is 0 Å². The van der Waals surface area contributed by atoms with Crippen LogP contribution >= 0.6 is 22.6 Å². The zero-order chi connectivity index (χ0) is 5.98. The van der Waals surface area contributed by atoms with E-state index in [0.29, 0.717) is 3.92 Å². The molecule has 2 nitrogen and oxygen atoms in total. The Morgan fingerprint density at radius 2 is 2.62 bits per heavy atom. The number of hydrogen-bond acceptors (Lipinski definition) is 2. The fourth-order valence-electron chi connectivity index (χ4n) is 0.431. The van der Waals surface area contributed by atoms with Crippen molar-refractivity contribution in [2.75, 3.05) is 0 Å². The summed E-state index contributed by atoms with van der Waals surface area (Å²) < 4.78 is 5.26. The molecule has 1 unspecified atom stereocenters. The zero-order valence-corrected chi connectivity index (χ0v) is 6.62. The standard InChI is InChI=1S/C5H6INO/c1-4(6)5-2-3-7-8-5/h2-4H,1H3. The van der Waals surface area contributed by atoms with Crippen LogP contribution in [0.1, 0.15) is 16.6 Å². The number of aromatic nitrogens is 1. The smallest absolute Gasteiger partial charge is 0.149 e. The summed E-state index contributed by atoms with van der Waals surface area (Å²) >= 11 is 2.27. The van der Waals surface area contributed by atoms with Crippen molar-refractivity contribution in [2.24, 2.45) is 0 Å². The van der Waals surface area contributed by atoms with Crippen molar-refractivity contribution in [3.63, 3.8) is 0 Å². The van der Waals surface area contributed by atoms with E-state index in [4.69, 9.17) is 4.52 Å². The molecular formula is C5H6INO. The van der Waals surface area contributed by atoms with Crippen molar-refractivity contribution < 1.29 is 4.52 Å². The van der Waals surface area contributed by atoms with Gasteiger partial charge in [0, 0.05) is 6.07 Å². The molecule has 0 saturated carbocycles. The molecule has 1 aromatic heterocycles. The summed E-state index contributed by atoms with van der Waals surface area (Å²) in [5.41, 5.74) is 0. The minimum Gasteiger partial charge on any atom is -0.360 e. The molecule has 8 heavy (non-hydrogen) atoms. The molecule has 0 fully saturated rings. The van der Waals surface area contributed by atoms with Gasteiger partial charge >= 0.3 is 0 Å². The number of alkyl halides is 1. The summed E-state index contributed by atoms with van der Waals surface area (Å²) in [6.07, 6.45) is 1.66. The lowest BCUT2D eigenvalue weighted by atomic mass is 10.4. The summed E-state index contributed by atoms with van der Waals surface area (Å²) in [4.78, 5) is 0. The second-order valence-corrected chi connectivity index (χ2v) is 3.40. The fraction of sp³-hybridized carbons (Fsp3) is 0.400. The normalized spacial score (nSPS) is 13.8. The van der Waals surface area contributed by atoms with Crippen LogP contribution < -0.4 is 0 Å². The Morgan fingerprint density at radius 1 is 1.88 bits per heavy atom. The molecule has 0 amide bonds. The van der Waals surface area contributed by atoms with E-state index in [1.165, 1.54) is 0 Å². The maximum atomic E-state index is 4.84. The van der Waals surface area contributed by atoms with Gasteiger partial charge in [-0.2, -0.15) is 0 Å². The van der Waals surface area contributed by atoms with Crippen LogP contribution in [0, 0.1) is 0 Å². The molecule has 0 spiro atoms. The average molecular weight is 223 g/mol. The molecular weight excluding hydrogens is 217 g/mol. The SMILES string of the molecule is CC(I)c1ccno1. The lowest BCUT2D eigenvalue weighted by molar-refractivity contribution is 0.387. The molecule has 1 heterocycles. The van der Waals surface area contributed by atoms with Gasteiger partial charge < -0.3 is 4.52 Å². The minimum atomic E-state index is 0.426. The Kier molecular flexibility index (Phi) is 1.88. The Labute approximate surface area is 61.4 Å². The molecule has 44 valence electrons. The van der Waals surface area contributed by atoms with Crippen LogP contribution in [-0.2, 0) is 0 Å². The number of rotatable bonds is 1. The van der Waals surface area contributed by atoms with E-state index >= 15 is 0 Å². The Hall–Kier alpha value is -0.0600. The predicted octanol–water partition coefficient (Wildman–Crippen LogP) is 2.17. The molecule has 1 aromatic rings. The first-order valence-corrected chi connectivity index (χ1v) is 3.60. The number of hydrogen-bond donors (Lipinski definition) is 0. The van der Waals surface area contributed by atoms with Crippen molar-refractivity contribution in [3.8, 4) is 0 Å². The van der Waals surface area contributed by atoms with E-state index in [1.54, 1.807) is 6.20 Å². The summed E-state index contributed by atoms with van der Waals surface area (Å²) in [5.74, 6) is 0.936. The third-order valence-corrected chi connectivity index (χ3v) is 1.46. The van der Waals surface area contributed by atoms with E-state index in [0.717, 1.165) is 5.76 Å². The highest BCUT2D eigenvalue weighted by Gasteiger charge is 2.01. The van der Waals surface area contributed by atoms with Crippen LogP contribution in [0.15, 0.2) is 16.8 Å². The maximum absolute atomic E-state index is 4.84. The van der Waals surface area contributed by atoms with Gasteiger partial charge in [0.15, 0.2) is 0 Å². The third-order valence-electron chi connectivity index (χ3n) is 0.850. The fourth-order valence-corrected chi connectivity index (χ4v) is 0.752. The van der Waals surface area contributed by atoms with Crippen molar-refractivity contribution >= 4 is 22.6 Å². The van der Waals surface area contributed by atoms with Gasteiger partial charge in [0.2, 0.25) is 0 Å². The van der Waals surface area contributed by atoms with Crippen LogP contribution in [0.2, 0.25) is 0 Å². The lowest BCUT2D eigenvalue weighted by Gasteiger charge is -1.90. The second kappa shape index (κ2) is 2.48. The third kappa shape index (κ3) is 1.21. The average Bonchev–Trinajstić information content (AvgIpc) is 2.12. The Balaban J connectivity index is 2.77. The van der Waals surface area contributed by atoms with Crippen LogP contribution in [0.25, 0.3) is 0 Å². The van der Waals surface area contributed by atoms with Crippen LogP contribution in [-0.4, -0.2) is 5.16 Å². The number of nitrogens with zero attached hydrogens (tertiary/aromatic N) is 1. The molecule has 0 bridgehead atoms. The highest BCUT2D eigenvalue weighted by molar-refractivity contribution is 14.1. The highest BCUT2D eigenvalue weighted by Crippen LogP contribution is 2.20. The predicted molar refractivity (Wildman–Crippen MR) is 38.9 cm³/mol. The summed E-state index contributed by atoms with van der Waals surface area (Å²) in [7, 11) is 0. The molecule has 0 aliphatic rings. The quantitative estimate of drug-likeness (QED) is 0.538. The Morgan fingerprint density at radius 3 is 2.88 bits per heavy atom. The van der Waals surface area contributed by atoms with Crippen LogP contribution in [0.5, 0.6) is 0 Å². The van der Waals surface area contributed by atoms with Crippen molar-refractivity contribution in [3.05, 3.63) is 18.0 Å². The van der Waals surface area contributed by atoms with Gasteiger partial charge in [-0.15, -0.1) is 0 Å². The lowest BCUT2D eigenvalue weighted by Crippen LogP contribution is -1.74. The first-order chi connectivity index (χ1) is 3.80. The molecule has 3 heteroatoms. The summed E-state index contributed by atoms with van der Waals surface area (Å²) in [6.45, 7) is 2.06. The topological polar surface area (TPSA) is 26.0 Å². The molecule has 1 atom stereocenters. The first-order valence-electron chi connectivity index (χ1n) is 2.35. The Bertz CT molecular complexity index is 147.